The number of nitrogens with zero attached hydrogens (tertiary/aromatic N) is 1. The smallest absolute Gasteiger partial charge is 0.416 e. The van der Waals surface area contributed by atoms with Crippen LogP contribution in [0, 0.1) is 5.92 Å². The van der Waals surface area contributed by atoms with Gasteiger partial charge in [0.15, 0.2) is 6.10 Å². The highest BCUT2D eigenvalue weighted by Gasteiger charge is 2.40. The Morgan fingerprint density at radius 2 is 1.79 bits per heavy atom. The van der Waals surface area contributed by atoms with Gasteiger partial charge in [-0.15, -0.1) is 0 Å². The van der Waals surface area contributed by atoms with Crippen molar-refractivity contribution in [1.82, 2.24) is 4.90 Å². The summed E-state index contributed by atoms with van der Waals surface area (Å²) >= 11 is 0. The Kier molecular flexibility index (Phi) is 6.14. The van der Waals surface area contributed by atoms with Gasteiger partial charge in [0, 0.05) is 24.7 Å². The lowest BCUT2D eigenvalue weighted by atomic mass is 10.1. The normalized spacial score (nSPS) is 21.3. The molecule has 1 N–H and O–H groups in total. The number of carbonyl (C=O) groups is 3. The van der Waals surface area contributed by atoms with Crippen LogP contribution in [0.3, 0.4) is 0 Å². The predicted octanol–water partition coefficient (Wildman–Crippen LogP) is 3.37. The lowest BCUT2D eigenvalue weighted by Gasteiger charge is -2.24. The summed E-state index contributed by atoms with van der Waals surface area (Å²) in [6.07, 6.45) is -1.49. The van der Waals surface area contributed by atoms with E-state index in [1.54, 1.807) is 4.90 Å². The second kappa shape index (κ2) is 8.42. The fourth-order valence-corrected chi connectivity index (χ4v) is 3.77. The summed E-state index contributed by atoms with van der Waals surface area (Å²) < 4.78 is 42.9. The first-order valence-corrected chi connectivity index (χ1v) is 9.63. The molecule has 1 aromatic carbocycles. The average molecular weight is 412 g/mol. The van der Waals surface area contributed by atoms with Gasteiger partial charge in [-0.25, -0.2) is 0 Å². The van der Waals surface area contributed by atoms with Gasteiger partial charge in [0.2, 0.25) is 5.91 Å². The summed E-state index contributed by atoms with van der Waals surface area (Å²) in [5.74, 6) is -1.95. The summed E-state index contributed by atoms with van der Waals surface area (Å²) in [4.78, 5) is 38.5. The number of ether oxygens (including phenoxy) is 1. The molecule has 158 valence electrons. The van der Waals surface area contributed by atoms with Crippen molar-refractivity contribution < 1.29 is 32.3 Å². The van der Waals surface area contributed by atoms with Crippen LogP contribution in [0.2, 0.25) is 0 Å². The number of likely N-dealkylation sites (tertiary alicyclic amines) is 1. The minimum Gasteiger partial charge on any atom is -0.452 e. The Labute approximate surface area is 166 Å². The highest BCUT2D eigenvalue weighted by atomic mass is 19.4. The number of anilines is 1. The Morgan fingerprint density at radius 1 is 1.17 bits per heavy atom. The lowest BCUT2D eigenvalue weighted by Crippen LogP contribution is -2.36. The van der Waals surface area contributed by atoms with E-state index in [0.29, 0.717) is 6.54 Å². The molecule has 9 heteroatoms. The van der Waals surface area contributed by atoms with Crippen LogP contribution >= 0.6 is 0 Å². The minimum atomic E-state index is -4.46. The van der Waals surface area contributed by atoms with Gasteiger partial charge in [-0.2, -0.15) is 13.2 Å². The van der Waals surface area contributed by atoms with Crippen LogP contribution in [0.4, 0.5) is 18.9 Å². The third-order valence-corrected chi connectivity index (χ3v) is 5.40. The van der Waals surface area contributed by atoms with E-state index in [1.807, 2.05) is 0 Å². The molecule has 1 aliphatic heterocycles. The minimum absolute atomic E-state index is 0.0688. The Bertz CT molecular complexity index is 773. The third kappa shape index (κ3) is 5.07. The first kappa shape index (κ1) is 21.1. The Morgan fingerprint density at radius 3 is 2.38 bits per heavy atom. The largest absolute Gasteiger partial charge is 0.452 e. The van der Waals surface area contributed by atoms with Gasteiger partial charge < -0.3 is 15.0 Å². The van der Waals surface area contributed by atoms with E-state index in [-0.39, 0.29) is 24.1 Å². The first-order chi connectivity index (χ1) is 13.6. The maximum atomic E-state index is 12.6. The molecule has 1 aliphatic carbocycles. The fourth-order valence-electron chi connectivity index (χ4n) is 3.77. The number of amides is 2. The highest BCUT2D eigenvalue weighted by Crippen LogP contribution is 2.31. The number of carbonyl (C=O) groups excluding carboxylic acids is 3. The molecule has 2 atom stereocenters. The van der Waals surface area contributed by atoms with Gasteiger partial charge in [0.25, 0.3) is 5.91 Å². The van der Waals surface area contributed by atoms with Crippen molar-refractivity contribution in [2.24, 2.45) is 5.92 Å². The van der Waals surface area contributed by atoms with Crippen LogP contribution in [0.1, 0.15) is 44.6 Å². The van der Waals surface area contributed by atoms with Crippen molar-refractivity contribution in [2.45, 2.75) is 57.3 Å². The molecule has 2 amide bonds. The van der Waals surface area contributed by atoms with E-state index < -0.39 is 35.6 Å². The molecular weight excluding hydrogens is 389 g/mol. The number of hydrogen-bond donors (Lipinski definition) is 1. The van der Waals surface area contributed by atoms with Gasteiger partial charge in [-0.1, -0.05) is 12.8 Å². The molecule has 1 aromatic rings. The van der Waals surface area contributed by atoms with Crippen molar-refractivity contribution in [1.29, 1.82) is 0 Å². The molecule has 1 saturated heterocycles. The lowest BCUT2D eigenvalue weighted by molar-refractivity contribution is -0.157. The summed E-state index contributed by atoms with van der Waals surface area (Å²) in [6.45, 7) is 1.68. The molecule has 1 heterocycles. The number of rotatable bonds is 5. The van der Waals surface area contributed by atoms with E-state index in [1.165, 1.54) is 6.92 Å². The van der Waals surface area contributed by atoms with Crippen LogP contribution in [-0.4, -0.2) is 41.4 Å². The second-order valence-electron chi connectivity index (χ2n) is 7.53. The topological polar surface area (TPSA) is 75.7 Å². The van der Waals surface area contributed by atoms with Crippen LogP contribution < -0.4 is 5.32 Å². The van der Waals surface area contributed by atoms with E-state index >= 15 is 0 Å². The van der Waals surface area contributed by atoms with Gasteiger partial charge >= 0.3 is 12.1 Å². The molecule has 0 bridgehead atoms. The average Bonchev–Trinajstić information content (AvgIpc) is 3.30. The zero-order valence-corrected chi connectivity index (χ0v) is 16.0. The zero-order chi connectivity index (χ0) is 21.2. The second-order valence-corrected chi connectivity index (χ2v) is 7.53. The Balaban J connectivity index is 1.51. The van der Waals surface area contributed by atoms with Gasteiger partial charge in [-0.3, -0.25) is 14.4 Å². The predicted molar refractivity (Wildman–Crippen MR) is 97.7 cm³/mol. The quantitative estimate of drug-likeness (QED) is 0.753. The van der Waals surface area contributed by atoms with Crippen molar-refractivity contribution in [2.75, 3.05) is 11.9 Å². The van der Waals surface area contributed by atoms with Crippen molar-refractivity contribution >= 4 is 23.5 Å². The van der Waals surface area contributed by atoms with Crippen molar-refractivity contribution in [3.05, 3.63) is 29.8 Å². The van der Waals surface area contributed by atoms with Crippen molar-refractivity contribution in [3.8, 4) is 0 Å². The van der Waals surface area contributed by atoms with E-state index in [4.69, 9.17) is 4.74 Å². The van der Waals surface area contributed by atoms with Crippen LogP contribution in [0.25, 0.3) is 0 Å². The highest BCUT2D eigenvalue weighted by molar-refractivity contribution is 5.95. The summed E-state index contributed by atoms with van der Waals surface area (Å²) in [5.41, 5.74) is -0.665. The van der Waals surface area contributed by atoms with E-state index in [2.05, 4.69) is 5.32 Å². The van der Waals surface area contributed by atoms with Crippen LogP contribution in [0.5, 0.6) is 0 Å². The number of alkyl halides is 3. The molecule has 0 spiro atoms. The molecule has 0 radical (unpaired) electrons. The number of halogens is 3. The Hall–Kier alpha value is -2.58. The van der Waals surface area contributed by atoms with Gasteiger partial charge in [0.1, 0.15) is 0 Å². The maximum absolute atomic E-state index is 12.6. The monoisotopic (exact) mass is 412 g/mol. The van der Waals surface area contributed by atoms with Crippen molar-refractivity contribution in [3.63, 3.8) is 0 Å². The molecule has 6 nitrogen and oxygen atoms in total. The standard InChI is InChI=1S/C20H23F3N2O4/c1-12(18(27)24-15-8-6-14(7-9-15)20(21,22)23)29-19(28)13-10-17(26)25(11-13)16-4-2-3-5-16/h6-9,12-13,16H,2-5,10-11H2,1H3,(H,24,27)/t12-,13-/m0/s1. The molecule has 3 rings (SSSR count). The molecule has 1 saturated carbocycles. The van der Waals surface area contributed by atoms with E-state index in [9.17, 15) is 27.6 Å². The third-order valence-electron chi connectivity index (χ3n) is 5.40. The molecular formula is C20H23F3N2O4. The molecule has 2 fully saturated rings. The molecule has 0 unspecified atom stereocenters. The molecule has 29 heavy (non-hydrogen) atoms. The number of hydrogen-bond acceptors (Lipinski definition) is 4. The van der Waals surface area contributed by atoms with Gasteiger partial charge in [0.05, 0.1) is 11.5 Å². The summed E-state index contributed by atoms with van der Waals surface area (Å²) in [7, 11) is 0. The molecule has 2 aliphatic rings. The maximum Gasteiger partial charge on any atom is 0.416 e. The SMILES string of the molecule is C[C@H](OC(=O)[C@H]1CC(=O)N(C2CCCC2)C1)C(=O)Nc1ccc(C(F)(F)F)cc1. The number of nitrogens with one attached hydrogen (secondary N) is 1. The summed E-state index contributed by atoms with van der Waals surface area (Å²) in [5, 5.41) is 2.42. The first-order valence-electron chi connectivity index (χ1n) is 9.63. The van der Waals surface area contributed by atoms with Gasteiger partial charge in [-0.05, 0) is 44.0 Å². The number of benzene rings is 1. The van der Waals surface area contributed by atoms with Crippen LogP contribution in [-0.2, 0) is 25.3 Å². The number of esters is 1. The molecule has 0 aromatic heterocycles. The van der Waals surface area contributed by atoms with E-state index in [0.717, 1.165) is 49.9 Å². The van der Waals surface area contributed by atoms with Crippen LogP contribution in [0.15, 0.2) is 24.3 Å². The summed E-state index contributed by atoms with van der Waals surface area (Å²) in [6, 6.07) is 4.15. The fraction of sp³-hybridized carbons (Fsp3) is 0.550. The zero-order valence-electron chi connectivity index (χ0n) is 16.0.